The van der Waals surface area contributed by atoms with E-state index in [1.807, 2.05) is 6.07 Å². The van der Waals surface area contributed by atoms with Gasteiger partial charge in [0, 0.05) is 19.2 Å². The number of hydrogen-bond acceptors (Lipinski definition) is 4. The van der Waals surface area contributed by atoms with E-state index >= 15 is 0 Å². The molecule has 0 atom stereocenters. The van der Waals surface area contributed by atoms with Crippen LogP contribution in [0.25, 0.3) is 0 Å². The Balaban J connectivity index is 2.08. The molecule has 0 spiro atoms. The van der Waals surface area contributed by atoms with E-state index in [1.54, 1.807) is 29.1 Å². The van der Waals surface area contributed by atoms with E-state index in [1.165, 1.54) is 0 Å². The van der Waals surface area contributed by atoms with Gasteiger partial charge in [0.2, 0.25) is 0 Å². The van der Waals surface area contributed by atoms with Crippen molar-refractivity contribution in [2.75, 3.05) is 6.61 Å². The first-order valence-corrected chi connectivity index (χ1v) is 5.06. The molecule has 1 aromatic carbocycles. The van der Waals surface area contributed by atoms with Gasteiger partial charge in [-0.05, 0) is 17.7 Å². The zero-order chi connectivity index (χ0) is 11.4. The molecule has 0 saturated heterocycles. The number of phenolic OH excluding ortho intramolecular Hbond substituents is 1. The standard InChI is InChI=1S/C11H13N3O2/c15-5-4-10-8-14(13-12-10)7-9-2-1-3-11(16)6-9/h1-3,6,8,15-16H,4-5,7H2. The Morgan fingerprint density at radius 2 is 2.19 bits per heavy atom. The van der Waals surface area contributed by atoms with Gasteiger partial charge in [0.25, 0.3) is 0 Å². The van der Waals surface area contributed by atoms with Gasteiger partial charge in [-0.25, -0.2) is 4.68 Å². The largest absolute Gasteiger partial charge is 0.508 e. The maximum Gasteiger partial charge on any atom is 0.115 e. The molecule has 2 N–H and O–H groups in total. The molecular formula is C11H13N3O2. The van der Waals surface area contributed by atoms with Gasteiger partial charge >= 0.3 is 0 Å². The molecule has 0 saturated carbocycles. The molecule has 0 fully saturated rings. The number of hydrogen-bond donors (Lipinski definition) is 2. The predicted molar refractivity (Wildman–Crippen MR) is 58.0 cm³/mol. The lowest BCUT2D eigenvalue weighted by Crippen LogP contribution is -2.00. The Labute approximate surface area is 93.0 Å². The highest BCUT2D eigenvalue weighted by Gasteiger charge is 2.01. The van der Waals surface area contributed by atoms with Gasteiger partial charge in [-0.1, -0.05) is 17.3 Å². The number of nitrogens with zero attached hydrogens (tertiary/aromatic N) is 3. The van der Waals surface area contributed by atoms with Crippen molar-refractivity contribution < 1.29 is 10.2 Å². The summed E-state index contributed by atoms with van der Waals surface area (Å²) < 4.78 is 1.68. The third-order valence-corrected chi connectivity index (χ3v) is 2.21. The van der Waals surface area contributed by atoms with Gasteiger partial charge in [-0.3, -0.25) is 0 Å². The van der Waals surface area contributed by atoms with E-state index in [4.69, 9.17) is 5.11 Å². The number of aliphatic hydroxyl groups excluding tert-OH is 1. The van der Waals surface area contributed by atoms with Gasteiger partial charge in [0.15, 0.2) is 0 Å². The van der Waals surface area contributed by atoms with Gasteiger partial charge in [0.05, 0.1) is 12.2 Å². The highest BCUT2D eigenvalue weighted by Crippen LogP contribution is 2.11. The summed E-state index contributed by atoms with van der Waals surface area (Å²) in [5.41, 5.74) is 1.73. The molecule has 16 heavy (non-hydrogen) atoms. The van der Waals surface area contributed by atoms with Crippen LogP contribution in [0.15, 0.2) is 30.5 Å². The van der Waals surface area contributed by atoms with Crippen molar-refractivity contribution in [3.63, 3.8) is 0 Å². The smallest absolute Gasteiger partial charge is 0.115 e. The second-order valence-electron chi connectivity index (χ2n) is 3.55. The van der Waals surface area contributed by atoms with E-state index in [2.05, 4.69) is 10.3 Å². The Hall–Kier alpha value is -1.88. The van der Waals surface area contributed by atoms with Crippen molar-refractivity contribution in [3.05, 3.63) is 41.7 Å². The summed E-state index contributed by atoms with van der Waals surface area (Å²) in [6.07, 6.45) is 2.31. The van der Waals surface area contributed by atoms with E-state index in [0.29, 0.717) is 13.0 Å². The van der Waals surface area contributed by atoms with Crippen molar-refractivity contribution in [1.82, 2.24) is 15.0 Å². The normalized spacial score (nSPS) is 10.6. The van der Waals surface area contributed by atoms with Gasteiger partial charge in [-0.2, -0.15) is 0 Å². The number of benzene rings is 1. The molecule has 1 heterocycles. The number of aromatic nitrogens is 3. The number of aliphatic hydroxyl groups is 1. The summed E-state index contributed by atoms with van der Waals surface area (Å²) in [5.74, 6) is 0.244. The third kappa shape index (κ3) is 2.58. The minimum Gasteiger partial charge on any atom is -0.508 e. The van der Waals surface area contributed by atoms with Crippen molar-refractivity contribution >= 4 is 0 Å². The number of phenols is 1. The molecule has 5 nitrogen and oxygen atoms in total. The Morgan fingerprint density at radius 3 is 2.94 bits per heavy atom. The monoisotopic (exact) mass is 219 g/mol. The summed E-state index contributed by atoms with van der Waals surface area (Å²) >= 11 is 0. The van der Waals surface area contributed by atoms with Crippen LogP contribution in [0.4, 0.5) is 0 Å². The zero-order valence-corrected chi connectivity index (χ0v) is 8.74. The molecule has 2 aromatic rings. The van der Waals surface area contributed by atoms with Crippen LogP contribution in [-0.4, -0.2) is 31.8 Å². The van der Waals surface area contributed by atoms with E-state index in [0.717, 1.165) is 11.3 Å². The van der Waals surface area contributed by atoms with E-state index in [-0.39, 0.29) is 12.4 Å². The molecule has 0 bridgehead atoms. The van der Waals surface area contributed by atoms with Crippen LogP contribution in [-0.2, 0) is 13.0 Å². The summed E-state index contributed by atoms with van der Waals surface area (Å²) in [5, 5.41) is 25.9. The van der Waals surface area contributed by atoms with Crippen LogP contribution in [0, 0.1) is 0 Å². The lowest BCUT2D eigenvalue weighted by atomic mass is 10.2. The van der Waals surface area contributed by atoms with Gasteiger partial charge in [-0.15, -0.1) is 5.10 Å². The van der Waals surface area contributed by atoms with E-state index < -0.39 is 0 Å². The van der Waals surface area contributed by atoms with Crippen molar-refractivity contribution in [2.45, 2.75) is 13.0 Å². The molecule has 0 aliphatic heterocycles. The molecule has 0 aliphatic carbocycles. The molecule has 0 aliphatic rings. The highest BCUT2D eigenvalue weighted by atomic mass is 16.3. The molecule has 0 amide bonds. The summed E-state index contributed by atoms with van der Waals surface area (Å²) in [6.45, 7) is 0.637. The molecule has 5 heteroatoms. The maximum atomic E-state index is 9.30. The first kappa shape index (κ1) is 10.6. The van der Waals surface area contributed by atoms with Gasteiger partial charge in [0.1, 0.15) is 5.75 Å². The fourth-order valence-electron chi connectivity index (χ4n) is 1.49. The van der Waals surface area contributed by atoms with Crippen LogP contribution in [0.1, 0.15) is 11.3 Å². The average Bonchev–Trinajstić information content (AvgIpc) is 2.66. The van der Waals surface area contributed by atoms with Crippen LogP contribution >= 0.6 is 0 Å². The van der Waals surface area contributed by atoms with E-state index in [9.17, 15) is 5.11 Å². The minimum absolute atomic E-state index is 0.0742. The second-order valence-corrected chi connectivity index (χ2v) is 3.55. The zero-order valence-electron chi connectivity index (χ0n) is 8.74. The Bertz CT molecular complexity index is 468. The van der Waals surface area contributed by atoms with Crippen molar-refractivity contribution in [1.29, 1.82) is 0 Å². The topological polar surface area (TPSA) is 71.2 Å². The highest BCUT2D eigenvalue weighted by molar-refractivity contribution is 5.27. The number of aromatic hydroxyl groups is 1. The maximum absolute atomic E-state index is 9.30. The summed E-state index contributed by atoms with van der Waals surface area (Å²) in [4.78, 5) is 0. The fourth-order valence-corrected chi connectivity index (χ4v) is 1.49. The van der Waals surface area contributed by atoms with Crippen LogP contribution < -0.4 is 0 Å². The van der Waals surface area contributed by atoms with Crippen molar-refractivity contribution in [2.24, 2.45) is 0 Å². The first-order valence-electron chi connectivity index (χ1n) is 5.06. The third-order valence-electron chi connectivity index (χ3n) is 2.21. The number of rotatable bonds is 4. The lowest BCUT2D eigenvalue weighted by molar-refractivity contribution is 0.298. The molecule has 1 aromatic heterocycles. The minimum atomic E-state index is 0.0742. The molecular weight excluding hydrogens is 206 g/mol. The quantitative estimate of drug-likeness (QED) is 0.788. The van der Waals surface area contributed by atoms with Crippen LogP contribution in [0.3, 0.4) is 0 Å². The molecule has 84 valence electrons. The first-order chi connectivity index (χ1) is 7.78. The fraction of sp³-hybridized carbons (Fsp3) is 0.273. The molecule has 0 unspecified atom stereocenters. The Kier molecular flexibility index (Phi) is 3.16. The molecule has 2 rings (SSSR count). The molecule has 0 radical (unpaired) electrons. The van der Waals surface area contributed by atoms with Crippen LogP contribution in [0.2, 0.25) is 0 Å². The lowest BCUT2D eigenvalue weighted by Gasteiger charge is -2.00. The predicted octanol–water partition coefficient (Wildman–Crippen LogP) is 0.567. The summed E-state index contributed by atoms with van der Waals surface area (Å²) in [6, 6.07) is 7.01. The second kappa shape index (κ2) is 4.76. The van der Waals surface area contributed by atoms with Crippen molar-refractivity contribution in [3.8, 4) is 5.75 Å². The SMILES string of the molecule is OCCc1cn(Cc2cccc(O)c2)nn1. The summed E-state index contributed by atoms with van der Waals surface area (Å²) in [7, 11) is 0. The van der Waals surface area contributed by atoms with Gasteiger partial charge < -0.3 is 10.2 Å². The van der Waals surface area contributed by atoms with Crippen LogP contribution in [0.5, 0.6) is 5.75 Å². The Morgan fingerprint density at radius 1 is 1.31 bits per heavy atom. The average molecular weight is 219 g/mol.